The summed E-state index contributed by atoms with van der Waals surface area (Å²) in [5, 5.41) is 2.35. The Balaban J connectivity index is 1.77. The van der Waals surface area contributed by atoms with Gasteiger partial charge in [-0.2, -0.15) is 0 Å². The fourth-order valence-corrected chi connectivity index (χ4v) is 5.28. The fraction of sp³-hybridized carbons (Fsp3) is 0.500. The smallest absolute Gasteiger partial charge is 0.193 e. The van der Waals surface area contributed by atoms with Gasteiger partial charge in [-0.25, -0.2) is 0 Å². The first kappa shape index (κ1) is 22.0. The van der Waals surface area contributed by atoms with Gasteiger partial charge in [-0.15, -0.1) is 0 Å². The molecule has 1 atom stereocenters. The summed E-state index contributed by atoms with van der Waals surface area (Å²) in [4.78, 5) is 25.0. The molecule has 1 saturated carbocycles. The first-order chi connectivity index (χ1) is 15.5. The molecule has 1 saturated heterocycles. The zero-order valence-corrected chi connectivity index (χ0v) is 20.4. The van der Waals surface area contributed by atoms with Crippen molar-refractivity contribution >= 4 is 5.78 Å². The van der Waals surface area contributed by atoms with E-state index in [2.05, 4.69) is 47.5 Å². The summed E-state index contributed by atoms with van der Waals surface area (Å²) < 4.78 is 7.60. The average Bonchev–Trinajstić information content (AvgIpc) is 3.55. The Morgan fingerprint density at radius 1 is 1.15 bits per heavy atom. The zero-order valence-electron chi connectivity index (χ0n) is 20.4. The molecule has 172 valence electrons. The molecular formula is C28H32N2O3. The Hall–Kier alpha value is -2.84. The van der Waals surface area contributed by atoms with Crippen molar-refractivity contribution in [3.05, 3.63) is 56.9 Å². The van der Waals surface area contributed by atoms with E-state index in [1.165, 1.54) is 30.9 Å². The van der Waals surface area contributed by atoms with Crippen LogP contribution in [0.4, 0.5) is 0 Å². The van der Waals surface area contributed by atoms with Crippen molar-refractivity contribution in [2.45, 2.75) is 83.4 Å². The van der Waals surface area contributed by atoms with Crippen LogP contribution in [0.25, 0.3) is 11.3 Å². The standard InChI is InChI=1S/C28H32N2O3/c1-17(31)23-16-29-25(15-26(23)32)22-14-20(18-7-8-18)19(9-12-28(4,5)33-6)13-21(22)24-10-11-27(2,3)30(24)29/h13-16,18,24H,7-8,10-11H2,1-6H3/t24-/m1/s1. The second kappa shape index (κ2) is 7.33. The van der Waals surface area contributed by atoms with Crippen LogP contribution in [0, 0.1) is 11.8 Å². The maximum absolute atomic E-state index is 12.9. The second-order valence-corrected chi connectivity index (χ2v) is 10.8. The molecule has 1 aromatic carbocycles. The minimum absolute atomic E-state index is 0.0979. The molecule has 2 aliphatic heterocycles. The Morgan fingerprint density at radius 2 is 1.88 bits per heavy atom. The van der Waals surface area contributed by atoms with Crippen LogP contribution >= 0.6 is 0 Å². The molecule has 5 heteroatoms. The average molecular weight is 445 g/mol. The lowest BCUT2D eigenvalue weighted by Crippen LogP contribution is -2.50. The Kier molecular flexibility index (Phi) is 4.88. The van der Waals surface area contributed by atoms with Crippen molar-refractivity contribution in [3.8, 4) is 23.1 Å². The van der Waals surface area contributed by atoms with E-state index in [1.807, 2.05) is 13.8 Å². The van der Waals surface area contributed by atoms with Gasteiger partial charge in [0, 0.05) is 30.5 Å². The number of rotatable bonds is 3. The van der Waals surface area contributed by atoms with Crippen LogP contribution in [0.15, 0.2) is 29.2 Å². The van der Waals surface area contributed by atoms with Crippen molar-refractivity contribution in [1.29, 1.82) is 0 Å². The molecule has 5 rings (SSSR count). The predicted octanol–water partition coefficient (Wildman–Crippen LogP) is 4.94. The minimum atomic E-state index is -0.513. The van der Waals surface area contributed by atoms with Gasteiger partial charge in [0.1, 0.15) is 5.60 Å². The molecule has 2 fully saturated rings. The van der Waals surface area contributed by atoms with E-state index in [9.17, 15) is 9.59 Å². The molecule has 0 unspecified atom stereocenters. The molecule has 0 radical (unpaired) electrons. The third-order valence-electron chi connectivity index (χ3n) is 7.47. The SMILES string of the molecule is COC(C)(C)C#Cc1cc2c(cc1C1CC1)-c1cc(=O)c(C(C)=O)cn1N1[C@@H]2CCC1(C)C. The van der Waals surface area contributed by atoms with E-state index >= 15 is 0 Å². The molecule has 3 aliphatic rings. The van der Waals surface area contributed by atoms with Crippen molar-refractivity contribution in [1.82, 2.24) is 4.68 Å². The number of methoxy groups -OCH3 is 1. The van der Waals surface area contributed by atoms with Gasteiger partial charge in [0.05, 0.1) is 22.8 Å². The number of hydrogen-bond donors (Lipinski definition) is 0. The van der Waals surface area contributed by atoms with Crippen LogP contribution in [0.5, 0.6) is 0 Å². The van der Waals surface area contributed by atoms with E-state index in [1.54, 1.807) is 19.4 Å². The number of ether oxygens (including phenoxy) is 1. The maximum Gasteiger partial charge on any atom is 0.193 e. The maximum atomic E-state index is 12.9. The van der Waals surface area contributed by atoms with E-state index in [-0.39, 0.29) is 28.4 Å². The molecule has 5 nitrogen and oxygen atoms in total. The lowest BCUT2D eigenvalue weighted by molar-refractivity contribution is 0.0741. The van der Waals surface area contributed by atoms with Gasteiger partial charge >= 0.3 is 0 Å². The van der Waals surface area contributed by atoms with Crippen LogP contribution in [-0.4, -0.2) is 28.7 Å². The highest BCUT2D eigenvalue weighted by Gasteiger charge is 2.45. The largest absolute Gasteiger partial charge is 0.366 e. The van der Waals surface area contributed by atoms with E-state index in [0.29, 0.717) is 5.92 Å². The highest BCUT2D eigenvalue weighted by atomic mass is 16.5. The summed E-state index contributed by atoms with van der Waals surface area (Å²) in [5.74, 6) is 7.05. The summed E-state index contributed by atoms with van der Waals surface area (Å²) in [6.45, 7) is 9.88. The van der Waals surface area contributed by atoms with Crippen molar-refractivity contribution in [3.63, 3.8) is 0 Å². The molecule has 0 bridgehead atoms. The summed E-state index contributed by atoms with van der Waals surface area (Å²) >= 11 is 0. The third-order valence-corrected chi connectivity index (χ3v) is 7.47. The Labute approximate surface area is 195 Å². The van der Waals surface area contributed by atoms with Gasteiger partial charge in [-0.1, -0.05) is 11.8 Å². The Bertz CT molecular complexity index is 1280. The quantitative estimate of drug-likeness (QED) is 0.497. The lowest BCUT2D eigenvalue weighted by Gasteiger charge is -2.44. The van der Waals surface area contributed by atoms with Gasteiger partial charge in [-0.3, -0.25) is 19.3 Å². The van der Waals surface area contributed by atoms with E-state index < -0.39 is 5.60 Å². The number of hydrogen-bond acceptors (Lipinski definition) is 4. The van der Waals surface area contributed by atoms with Crippen molar-refractivity contribution < 1.29 is 9.53 Å². The van der Waals surface area contributed by atoms with Gasteiger partial charge < -0.3 is 4.74 Å². The van der Waals surface area contributed by atoms with Crippen LogP contribution in [0.1, 0.15) is 99.3 Å². The number of pyridine rings is 1. The number of carbonyl (C=O) groups is 1. The second-order valence-electron chi connectivity index (χ2n) is 10.8. The minimum Gasteiger partial charge on any atom is -0.366 e. The molecule has 0 spiro atoms. The van der Waals surface area contributed by atoms with Crippen LogP contribution in [0.3, 0.4) is 0 Å². The normalized spacial score (nSPS) is 20.4. The first-order valence-electron chi connectivity index (χ1n) is 11.9. The molecule has 1 aromatic heterocycles. The third kappa shape index (κ3) is 3.61. The molecule has 0 N–H and O–H groups in total. The van der Waals surface area contributed by atoms with Gasteiger partial charge in [0.25, 0.3) is 0 Å². The lowest BCUT2D eigenvalue weighted by atomic mass is 9.88. The van der Waals surface area contributed by atoms with Crippen LogP contribution < -0.4 is 10.4 Å². The monoisotopic (exact) mass is 444 g/mol. The number of benzene rings is 1. The predicted molar refractivity (Wildman–Crippen MR) is 130 cm³/mol. The Morgan fingerprint density at radius 3 is 2.52 bits per heavy atom. The molecule has 0 amide bonds. The van der Waals surface area contributed by atoms with Gasteiger partial charge in [0.2, 0.25) is 0 Å². The van der Waals surface area contributed by atoms with Crippen molar-refractivity contribution in [2.75, 3.05) is 12.1 Å². The summed E-state index contributed by atoms with van der Waals surface area (Å²) in [5.41, 5.74) is 4.93. The number of ketones is 1. The molecule has 2 aromatic rings. The van der Waals surface area contributed by atoms with Crippen molar-refractivity contribution in [2.24, 2.45) is 0 Å². The topological polar surface area (TPSA) is 51.5 Å². The molecule has 1 aliphatic carbocycles. The van der Waals surface area contributed by atoms with Gasteiger partial charge in [0.15, 0.2) is 11.2 Å². The van der Waals surface area contributed by atoms with E-state index in [0.717, 1.165) is 29.7 Å². The fourth-order valence-electron chi connectivity index (χ4n) is 5.28. The highest BCUT2D eigenvalue weighted by molar-refractivity contribution is 5.94. The molecule has 33 heavy (non-hydrogen) atoms. The molecule has 3 heterocycles. The van der Waals surface area contributed by atoms with Gasteiger partial charge in [-0.05, 0) is 89.5 Å². The summed E-state index contributed by atoms with van der Waals surface area (Å²) in [6.07, 6.45) is 6.13. The number of Topliss-reactive ketones (excluding diaryl/α,β-unsaturated/α-hetero) is 1. The number of aromatic nitrogens is 1. The summed E-state index contributed by atoms with van der Waals surface area (Å²) in [7, 11) is 1.69. The van der Waals surface area contributed by atoms with E-state index in [4.69, 9.17) is 4.74 Å². The summed E-state index contributed by atoms with van der Waals surface area (Å²) in [6, 6.07) is 6.34. The first-order valence-corrected chi connectivity index (χ1v) is 11.9. The highest BCUT2D eigenvalue weighted by Crippen LogP contribution is 2.50. The number of carbonyl (C=O) groups excluding carboxylic acids is 1. The molecular weight excluding hydrogens is 412 g/mol. The zero-order chi connectivity index (χ0) is 23.7. The van der Waals surface area contributed by atoms with Crippen LogP contribution in [-0.2, 0) is 4.74 Å². The number of nitrogens with zero attached hydrogens (tertiary/aromatic N) is 2. The van der Waals surface area contributed by atoms with Crippen LogP contribution in [0.2, 0.25) is 0 Å². The number of fused-ring (bicyclic) bond motifs is 6.